The second kappa shape index (κ2) is 10.7. The van der Waals surface area contributed by atoms with E-state index in [-0.39, 0.29) is 12.6 Å². The summed E-state index contributed by atoms with van der Waals surface area (Å²) in [4.78, 5) is 0. The predicted molar refractivity (Wildman–Crippen MR) is 88.3 cm³/mol. The zero-order valence-electron chi connectivity index (χ0n) is 13.2. The van der Waals surface area contributed by atoms with Crippen molar-refractivity contribution in [3.05, 3.63) is 29.8 Å². The lowest BCUT2D eigenvalue weighted by Gasteiger charge is -2.17. The van der Waals surface area contributed by atoms with Gasteiger partial charge in [0.25, 0.3) is 0 Å². The normalized spacial score (nSPS) is 12.3. The first-order chi connectivity index (χ1) is 9.76. The predicted octanol–water partition coefficient (Wildman–Crippen LogP) is 4.91. The van der Waals surface area contributed by atoms with Gasteiger partial charge in [-0.25, -0.2) is 0 Å². The maximum Gasteiger partial charge on any atom is 0.0632 e. The van der Waals surface area contributed by atoms with Crippen LogP contribution in [0.5, 0.6) is 0 Å². The third-order valence-electron chi connectivity index (χ3n) is 3.77. The van der Waals surface area contributed by atoms with Crippen LogP contribution in [0.15, 0.2) is 24.3 Å². The summed E-state index contributed by atoms with van der Waals surface area (Å²) in [5.41, 5.74) is 2.37. The lowest BCUT2D eigenvalue weighted by atomic mass is 10.0. The Balaban J connectivity index is 2.16. The first-order valence-corrected chi connectivity index (χ1v) is 8.20. The van der Waals surface area contributed by atoms with Crippen molar-refractivity contribution in [1.82, 2.24) is 0 Å². The van der Waals surface area contributed by atoms with E-state index in [0.717, 1.165) is 12.1 Å². The van der Waals surface area contributed by atoms with Crippen molar-refractivity contribution in [2.75, 3.05) is 11.9 Å². The van der Waals surface area contributed by atoms with Gasteiger partial charge in [-0.1, -0.05) is 64.0 Å². The van der Waals surface area contributed by atoms with Crippen molar-refractivity contribution in [3.8, 4) is 0 Å². The molecule has 0 amide bonds. The van der Waals surface area contributed by atoms with Gasteiger partial charge in [0.15, 0.2) is 0 Å². The minimum atomic E-state index is 0.187. The zero-order chi connectivity index (χ0) is 14.6. The van der Waals surface area contributed by atoms with E-state index in [2.05, 4.69) is 43.4 Å². The van der Waals surface area contributed by atoms with Crippen molar-refractivity contribution in [2.45, 2.75) is 71.3 Å². The van der Waals surface area contributed by atoms with Gasteiger partial charge in [0, 0.05) is 11.7 Å². The number of benzene rings is 1. The van der Waals surface area contributed by atoms with Crippen molar-refractivity contribution < 1.29 is 5.11 Å². The summed E-state index contributed by atoms with van der Waals surface area (Å²) in [5.74, 6) is 0. The summed E-state index contributed by atoms with van der Waals surface area (Å²) < 4.78 is 0. The fourth-order valence-corrected chi connectivity index (χ4v) is 2.53. The maximum atomic E-state index is 9.47. The van der Waals surface area contributed by atoms with Crippen LogP contribution in [0.3, 0.4) is 0 Å². The summed E-state index contributed by atoms with van der Waals surface area (Å²) in [5, 5.41) is 12.9. The lowest BCUT2D eigenvalue weighted by Crippen LogP contribution is -2.23. The average molecular weight is 277 g/mol. The fraction of sp³-hybridized carbons (Fsp3) is 0.667. The van der Waals surface area contributed by atoms with Gasteiger partial charge < -0.3 is 10.4 Å². The second-order valence-electron chi connectivity index (χ2n) is 5.80. The summed E-state index contributed by atoms with van der Waals surface area (Å²) in [6.07, 6.45) is 10.3. The highest BCUT2D eigenvalue weighted by Crippen LogP contribution is 2.15. The van der Waals surface area contributed by atoms with Crippen LogP contribution in [0, 0.1) is 6.92 Å². The van der Waals surface area contributed by atoms with Gasteiger partial charge in [0.05, 0.1) is 6.61 Å². The zero-order valence-corrected chi connectivity index (χ0v) is 13.2. The van der Waals surface area contributed by atoms with Crippen LogP contribution < -0.4 is 5.32 Å². The van der Waals surface area contributed by atoms with Gasteiger partial charge in [-0.05, 0) is 31.0 Å². The van der Waals surface area contributed by atoms with Crippen molar-refractivity contribution in [2.24, 2.45) is 0 Å². The molecule has 0 aliphatic heterocycles. The molecule has 0 fully saturated rings. The number of unbranched alkanes of at least 4 members (excludes halogenated alkanes) is 6. The molecule has 20 heavy (non-hydrogen) atoms. The molecule has 0 spiro atoms. The van der Waals surface area contributed by atoms with E-state index in [1.54, 1.807) is 0 Å². The Hall–Kier alpha value is -1.02. The average Bonchev–Trinajstić information content (AvgIpc) is 2.45. The Labute approximate surface area is 124 Å². The van der Waals surface area contributed by atoms with Crippen LogP contribution in [0.2, 0.25) is 0 Å². The Morgan fingerprint density at radius 2 is 1.75 bits per heavy atom. The number of hydrogen-bond donors (Lipinski definition) is 2. The number of aliphatic hydroxyl groups is 1. The second-order valence-corrected chi connectivity index (χ2v) is 5.80. The van der Waals surface area contributed by atoms with E-state index in [4.69, 9.17) is 0 Å². The minimum absolute atomic E-state index is 0.187. The monoisotopic (exact) mass is 277 g/mol. The molecule has 114 valence electrons. The van der Waals surface area contributed by atoms with E-state index >= 15 is 0 Å². The van der Waals surface area contributed by atoms with E-state index in [9.17, 15) is 5.11 Å². The van der Waals surface area contributed by atoms with Crippen LogP contribution >= 0.6 is 0 Å². The standard InChI is InChI=1S/C18H31NO/c1-3-4-5-6-7-8-9-12-18(15-20)19-17-13-10-11-16(2)14-17/h10-11,13-14,18-20H,3-9,12,15H2,1-2H3. The summed E-state index contributed by atoms with van der Waals surface area (Å²) in [6, 6.07) is 8.54. The third kappa shape index (κ3) is 7.54. The Morgan fingerprint density at radius 1 is 1.05 bits per heavy atom. The number of hydrogen-bond acceptors (Lipinski definition) is 2. The van der Waals surface area contributed by atoms with Crippen LogP contribution in [0.25, 0.3) is 0 Å². The molecule has 1 aromatic carbocycles. The van der Waals surface area contributed by atoms with Crippen molar-refractivity contribution in [3.63, 3.8) is 0 Å². The number of anilines is 1. The molecule has 0 aliphatic rings. The summed E-state index contributed by atoms with van der Waals surface area (Å²) in [6.45, 7) is 4.56. The van der Waals surface area contributed by atoms with Crippen LogP contribution in [-0.4, -0.2) is 17.8 Å². The summed E-state index contributed by atoms with van der Waals surface area (Å²) in [7, 11) is 0. The first-order valence-electron chi connectivity index (χ1n) is 8.20. The maximum absolute atomic E-state index is 9.47. The molecule has 1 rings (SSSR count). The molecule has 2 N–H and O–H groups in total. The number of nitrogens with one attached hydrogen (secondary N) is 1. The number of aryl methyl sites for hydroxylation is 1. The van der Waals surface area contributed by atoms with E-state index in [0.29, 0.717) is 0 Å². The highest BCUT2D eigenvalue weighted by Gasteiger charge is 2.06. The molecule has 0 heterocycles. The smallest absolute Gasteiger partial charge is 0.0632 e. The largest absolute Gasteiger partial charge is 0.394 e. The Morgan fingerprint density at radius 3 is 2.40 bits per heavy atom. The van der Waals surface area contributed by atoms with Gasteiger partial charge >= 0.3 is 0 Å². The molecule has 2 nitrogen and oxygen atoms in total. The van der Waals surface area contributed by atoms with Crippen LogP contribution in [0.1, 0.15) is 63.9 Å². The van der Waals surface area contributed by atoms with E-state index in [1.165, 1.54) is 50.5 Å². The molecular weight excluding hydrogens is 246 g/mol. The van der Waals surface area contributed by atoms with Gasteiger partial charge in [0.2, 0.25) is 0 Å². The van der Waals surface area contributed by atoms with E-state index in [1.807, 2.05) is 0 Å². The number of aliphatic hydroxyl groups excluding tert-OH is 1. The molecule has 1 atom stereocenters. The SMILES string of the molecule is CCCCCCCCCC(CO)Nc1cccc(C)c1. The highest BCUT2D eigenvalue weighted by molar-refractivity contribution is 5.46. The first kappa shape index (κ1) is 17.0. The molecular formula is C18H31NO. The van der Waals surface area contributed by atoms with Gasteiger partial charge in [-0.15, -0.1) is 0 Å². The lowest BCUT2D eigenvalue weighted by molar-refractivity contribution is 0.266. The topological polar surface area (TPSA) is 32.3 Å². The van der Waals surface area contributed by atoms with Crippen LogP contribution in [0.4, 0.5) is 5.69 Å². The molecule has 0 saturated carbocycles. The Kier molecular flexibility index (Phi) is 9.14. The van der Waals surface area contributed by atoms with Crippen molar-refractivity contribution >= 4 is 5.69 Å². The molecule has 2 heteroatoms. The third-order valence-corrected chi connectivity index (χ3v) is 3.77. The van der Waals surface area contributed by atoms with Crippen molar-refractivity contribution in [1.29, 1.82) is 0 Å². The molecule has 0 aromatic heterocycles. The van der Waals surface area contributed by atoms with Gasteiger partial charge in [0.1, 0.15) is 0 Å². The fourth-order valence-electron chi connectivity index (χ4n) is 2.53. The molecule has 1 aromatic rings. The molecule has 0 saturated heterocycles. The Bertz CT molecular complexity index is 351. The van der Waals surface area contributed by atoms with E-state index < -0.39 is 0 Å². The number of rotatable bonds is 11. The molecule has 0 bridgehead atoms. The molecule has 0 aliphatic carbocycles. The quantitative estimate of drug-likeness (QED) is 0.563. The molecule has 0 radical (unpaired) electrons. The highest BCUT2D eigenvalue weighted by atomic mass is 16.3. The summed E-state index contributed by atoms with van der Waals surface area (Å²) >= 11 is 0. The van der Waals surface area contributed by atoms with Gasteiger partial charge in [-0.3, -0.25) is 0 Å². The molecule has 1 unspecified atom stereocenters. The van der Waals surface area contributed by atoms with Crippen LogP contribution in [-0.2, 0) is 0 Å². The van der Waals surface area contributed by atoms with Gasteiger partial charge in [-0.2, -0.15) is 0 Å². The minimum Gasteiger partial charge on any atom is -0.394 e.